The van der Waals surface area contributed by atoms with E-state index in [2.05, 4.69) is 221 Å². The molecule has 5 heteroatoms. The van der Waals surface area contributed by atoms with E-state index < -0.39 is 0 Å². The molecular weight excluding hydrogens is 875 g/mol. The Kier molecular flexibility index (Phi) is 9.26. The van der Waals surface area contributed by atoms with Gasteiger partial charge in [0.25, 0.3) is 0 Å². The van der Waals surface area contributed by atoms with Gasteiger partial charge < -0.3 is 9.13 Å². The predicted molar refractivity (Wildman–Crippen MR) is 297 cm³/mol. The number of pyridine rings is 1. The van der Waals surface area contributed by atoms with Gasteiger partial charge >= 0.3 is 0 Å². The van der Waals surface area contributed by atoms with Crippen molar-refractivity contribution in [2.24, 2.45) is 0 Å². The summed E-state index contributed by atoms with van der Waals surface area (Å²) in [5.41, 5.74) is 17.2. The minimum atomic E-state index is 0.632. The highest BCUT2D eigenvalue weighted by atomic mass is 15.0. The van der Waals surface area contributed by atoms with Crippen molar-refractivity contribution in [2.45, 2.75) is 0 Å². The van der Waals surface area contributed by atoms with Gasteiger partial charge in [0.1, 0.15) is 0 Å². The fourth-order valence-electron chi connectivity index (χ4n) is 11.2. The highest BCUT2D eigenvalue weighted by Gasteiger charge is 2.22. The molecule has 3 heterocycles. The van der Waals surface area contributed by atoms with Crippen molar-refractivity contribution < 1.29 is 0 Å². The van der Waals surface area contributed by atoms with Gasteiger partial charge in [-0.15, -0.1) is 0 Å². The van der Waals surface area contributed by atoms with Gasteiger partial charge in [0.2, 0.25) is 0 Å². The zero-order valence-electron chi connectivity index (χ0n) is 38.8. The maximum absolute atomic E-state index is 10.0. The Bertz CT molecular complexity index is 4630. The second-order valence-corrected chi connectivity index (χ2v) is 18.5. The summed E-state index contributed by atoms with van der Waals surface area (Å²) in [6, 6.07) is 88.3. The molecule has 0 atom stereocenters. The van der Waals surface area contributed by atoms with Crippen LogP contribution in [0.25, 0.3) is 132 Å². The summed E-state index contributed by atoms with van der Waals surface area (Å²) in [4.78, 5) is 5.40. The number of hydrogen-bond donors (Lipinski definition) is 0. The lowest BCUT2D eigenvalue weighted by molar-refractivity contribution is 1.18. The third-order valence-corrected chi connectivity index (χ3v) is 14.5. The van der Waals surface area contributed by atoms with E-state index in [1.165, 1.54) is 0 Å². The molecular formula is C67H39N5. The quantitative estimate of drug-likeness (QED) is 0.156. The standard InChI is InChI=1S/C67H39N5/c68-40-42-20-30-62-54(34-42)56-36-48(25-32-64(56)71(62)50-15-6-2-7-16-50)46-23-28-53-58(38-46)66(45-13-4-1-5-14-45)52-27-22-47(39-59(52)67(53)61-29-24-44-12-10-11-19-60(44)70-61)49-26-33-65-57(37-49)55-35-43(41-69)21-31-63(55)72(65)51-17-8-3-9-18-51/h1-39H. The van der Waals surface area contributed by atoms with Crippen LogP contribution in [0.5, 0.6) is 0 Å². The van der Waals surface area contributed by atoms with Crippen LogP contribution in [0.4, 0.5) is 0 Å². The molecule has 72 heavy (non-hydrogen) atoms. The zero-order chi connectivity index (χ0) is 47.9. The lowest BCUT2D eigenvalue weighted by Crippen LogP contribution is -1.95. The van der Waals surface area contributed by atoms with E-state index in [4.69, 9.17) is 4.98 Å². The first-order chi connectivity index (χ1) is 35.6. The van der Waals surface area contributed by atoms with E-state index in [1.807, 2.05) is 36.4 Å². The molecule has 0 N–H and O–H groups in total. The molecule has 0 radical (unpaired) electrons. The van der Waals surface area contributed by atoms with Gasteiger partial charge in [-0.2, -0.15) is 10.5 Å². The monoisotopic (exact) mass is 913 g/mol. The molecule has 0 spiro atoms. The van der Waals surface area contributed by atoms with Crippen molar-refractivity contribution in [2.75, 3.05) is 0 Å². The van der Waals surface area contributed by atoms with Crippen LogP contribution in [0, 0.1) is 22.7 Å². The smallest absolute Gasteiger partial charge is 0.0991 e. The van der Waals surface area contributed by atoms with Gasteiger partial charge in [0, 0.05) is 43.9 Å². The second kappa shape index (κ2) is 16.3. The van der Waals surface area contributed by atoms with Gasteiger partial charge in [0.15, 0.2) is 0 Å². The Morgan fingerprint density at radius 3 is 1.25 bits per heavy atom. The SMILES string of the molecule is N#Cc1ccc2c(c1)c1cc(-c3ccc4c(-c5ccc6ccccc6n5)c5cc(-c6ccc7c(c6)c6cc(C#N)ccc6n7-c6ccccc6)ccc5c(-c5ccccc5)c4c3)ccc1n2-c1ccccc1. The molecule has 11 aromatic carbocycles. The summed E-state index contributed by atoms with van der Waals surface area (Å²) in [5, 5.41) is 29.8. The van der Waals surface area contributed by atoms with Crippen LogP contribution < -0.4 is 0 Å². The Hall–Kier alpha value is -10.1. The molecule has 0 aliphatic rings. The molecule has 5 nitrogen and oxygen atoms in total. The average molecular weight is 914 g/mol. The summed E-state index contributed by atoms with van der Waals surface area (Å²) >= 11 is 0. The highest BCUT2D eigenvalue weighted by Crippen LogP contribution is 2.47. The third kappa shape index (κ3) is 6.43. The average Bonchev–Trinajstić information content (AvgIpc) is 3.95. The number of aromatic nitrogens is 3. The number of para-hydroxylation sites is 3. The van der Waals surface area contributed by atoms with Gasteiger partial charge in [-0.3, -0.25) is 0 Å². The maximum atomic E-state index is 10.0. The highest BCUT2D eigenvalue weighted by molar-refractivity contribution is 6.23. The molecule has 0 aliphatic carbocycles. The van der Waals surface area contributed by atoms with E-state index in [0.717, 1.165) is 132 Å². The molecule has 0 fully saturated rings. The number of fused-ring (bicyclic) bond motifs is 9. The Morgan fingerprint density at radius 1 is 0.306 bits per heavy atom. The van der Waals surface area contributed by atoms with E-state index in [-0.39, 0.29) is 0 Å². The Morgan fingerprint density at radius 2 is 0.722 bits per heavy atom. The first-order valence-electron chi connectivity index (χ1n) is 24.1. The van der Waals surface area contributed by atoms with Gasteiger partial charge in [-0.05, 0) is 164 Å². The molecule has 332 valence electrons. The van der Waals surface area contributed by atoms with Crippen LogP contribution in [0.1, 0.15) is 11.1 Å². The molecule has 14 aromatic rings. The van der Waals surface area contributed by atoms with Crippen molar-refractivity contribution in [3.8, 4) is 68.2 Å². The van der Waals surface area contributed by atoms with E-state index in [9.17, 15) is 10.5 Å². The summed E-state index contributed by atoms with van der Waals surface area (Å²) in [5.74, 6) is 0. The van der Waals surface area contributed by atoms with Crippen LogP contribution in [0.15, 0.2) is 237 Å². The molecule has 0 unspecified atom stereocenters. The number of nitrogens with zero attached hydrogens (tertiary/aromatic N) is 5. The van der Waals surface area contributed by atoms with Crippen LogP contribution in [0.2, 0.25) is 0 Å². The first-order valence-corrected chi connectivity index (χ1v) is 24.1. The van der Waals surface area contributed by atoms with Gasteiger partial charge in [-0.1, -0.05) is 127 Å². The second-order valence-electron chi connectivity index (χ2n) is 18.5. The van der Waals surface area contributed by atoms with Crippen LogP contribution >= 0.6 is 0 Å². The van der Waals surface area contributed by atoms with Crippen molar-refractivity contribution in [3.63, 3.8) is 0 Å². The molecule has 0 saturated carbocycles. The summed E-state index contributed by atoms with van der Waals surface area (Å²) < 4.78 is 4.58. The topological polar surface area (TPSA) is 70.3 Å². The summed E-state index contributed by atoms with van der Waals surface area (Å²) in [6.07, 6.45) is 0. The lowest BCUT2D eigenvalue weighted by Gasteiger charge is -2.19. The first kappa shape index (κ1) is 40.9. The molecule has 0 amide bonds. The number of benzene rings is 11. The van der Waals surface area contributed by atoms with Crippen LogP contribution in [0.3, 0.4) is 0 Å². The van der Waals surface area contributed by atoms with Crippen molar-refractivity contribution in [3.05, 3.63) is 248 Å². The lowest BCUT2D eigenvalue weighted by atomic mass is 9.84. The summed E-state index contributed by atoms with van der Waals surface area (Å²) in [7, 11) is 0. The van der Waals surface area contributed by atoms with Gasteiger partial charge in [-0.25, -0.2) is 4.98 Å². The normalized spacial score (nSPS) is 11.6. The number of hydrogen-bond acceptors (Lipinski definition) is 3. The number of rotatable bonds is 6. The molecule has 0 aliphatic heterocycles. The van der Waals surface area contributed by atoms with E-state index in [0.29, 0.717) is 11.1 Å². The maximum Gasteiger partial charge on any atom is 0.0991 e. The predicted octanol–water partition coefficient (Wildman–Crippen LogP) is 17.1. The zero-order valence-corrected chi connectivity index (χ0v) is 38.8. The minimum Gasteiger partial charge on any atom is -0.309 e. The fourth-order valence-corrected chi connectivity index (χ4v) is 11.2. The van der Waals surface area contributed by atoms with Gasteiger partial charge in [0.05, 0.1) is 56.5 Å². The molecule has 0 bridgehead atoms. The minimum absolute atomic E-state index is 0.632. The van der Waals surface area contributed by atoms with Crippen molar-refractivity contribution in [1.29, 1.82) is 10.5 Å². The fraction of sp³-hybridized carbons (Fsp3) is 0. The van der Waals surface area contributed by atoms with E-state index >= 15 is 0 Å². The van der Waals surface area contributed by atoms with Crippen LogP contribution in [-0.2, 0) is 0 Å². The number of nitriles is 2. The largest absolute Gasteiger partial charge is 0.309 e. The molecule has 14 rings (SSSR count). The van der Waals surface area contributed by atoms with E-state index in [1.54, 1.807) is 0 Å². The van der Waals surface area contributed by atoms with Crippen LogP contribution in [-0.4, -0.2) is 14.1 Å². The summed E-state index contributed by atoms with van der Waals surface area (Å²) in [6.45, 7) is 0. The molecule has 0 saturated heterocycles. The van der Waals surface area contributed by atoms with Crippen molar-refractivity contribution >= 4 is 76.1 Å². The van der Waals surface area contributed by atoms with Crippen molar-refractivity contribution in [1.82, 2.24) is 14.1 Å². The Labute approximate surface area is 414 Å². The third-order valence-electron chi connectivity index (χ3n) is 14.5. The molecule has 3 aromatic heterocycles. The Balaban J connectivity index is 1.02.